The standard InChI is InChI=1S/C7H10F5NO3/c8-6(9,7(10,11)12)5(16)13(1-3-14)2-4-15/h14-15H,1-4H2. The minimum atomic E-state index is -5.99. The molecule has 2 N–H and O–H groups in total. The van der Waals surface area contributed by atoms with Crippen molar-refractivity contribution in [2.45, 2.75) is 12.1 Å². The minimum absolute atomic E-state index is 0.0491. The third-order valence-corrected chi connectivity index (χ3v) is 1.65. The first-order valence-corrected chi connectivity index (χ1v) is 4.14. The summed E-state index contributed by atoms with van der Waals surface area (Å²) in [5, 5.41) is 16.8. The fourth-order valence-electron chi connectivity index (χ4n) is 0.876. The zero-order valence-corrected chi connectivity index (χ0v) is 7.97. The van der Waals surface area contributed by atoms with Gasteiger partial charge >= 0.3 is 18.0 Å². The Kier molecular flexibility index (Phi) is 5.07. The number of alkyl halides is 5. The van der Waals surface area contributed by atoms with Gasteiger partial charge in [-0.05, 0) is 0 Å². The lowest BCUT2D eigenvalue weighted by atomic mass is 10.2. The van der Waals surface area contributed by atoms with Gasteiger partial charge in [0.05, 0.1) is 13.2 Å². The van der Waals surface area contributed by atoms with Crippen molar-refractivity contribution in [2.75, 3.05) is 26.3 Å². The maximum atomic E-state index is 12.5. The molecule has 0 saturated heterocycles. The van der Waals surface area contributed by atoms with Crippen LogP contribution in [0.5, 0.6) is 0 Å². The minimum Gasteiger partial charge on any atom is -0.395 e. The molecule has 0 aliphatic heterocycles. The molecule has 0 aliphatic carbocycles. The second-order valence-electron chi connectivity index (χ2n) is 2.81. The van der Waals surface area contributed by atoms with E-state index in [1.807, 2.05) is 0 Å². The number of halogens is 5. The van der Waals surface area contributed by atoms with Crippen molar-refractivity contribution in [2.24, 2.45) is 0 Å². The molecule has 0 bridgehead atoms. The summed E-state index contributed by atoms with van der Waals surface area (Å²) in [5.41, 5.74) is 0. The fourth-order valence-corrected chi connectivity index (χ4v) is 0.876. The summed E-state index contributed by atoms with van der Waals surface area (Å²) in [7, 11) is 0. The molecule has 96 valence electrons. The maximum absolute atomic E-state index is 12.5. The van der Waals surface area contributed by atoms with Gasteiger partial charge in [0.15, 0.2) is 0 Å². The van der Waals surface area contributed by atoms with Crippen molar-refractivity contribution >= 4 is 5.91 Å². The molecule has 0 aromatic rings. The number of aliphatic hydroxyl groups is 2. The Morgan fingerprint density at radius 1 is 1.00 bits per heavy atom. The van der Waals surface area contributed by atoms with Crippen LogP contribution in [0.25, 0.3) is 0 Å². The first kappa shape index (κ1) is 15.0. The molecule has 0 aromatic heterocycles. The van der Waals surface area contributed by atoms with Gasteiger partial charge in [-0.3, -0.25) is 4.79 Å². The quantitative estimate of drug-likeness (QED) is 0.676. The average Bonchev–Trinajstić information content (AvgIpc) is 2.14. The summed E-state index contributed by atoms with van der Waals surface area (Å²) in [6.45, 7) is -2.96. The summed E-state index contributed by atoms with van der Waals surface area (Å²) in [5.74, 6) is -8.00. The van der Waals surface area contributed by atoms with Crippen molar-refractivity contribution in [1.29, 1.82) is 0 Å². The van der Waals surface area contributed by atoms with E-state index in [4.69, 9.17) is 10.2 Å². The van der Waals surface area contributed by atoms with E-state index >= 15 is 0 Å². The monoisotopic (exact) mass is 251 g/mol. The van der Waals surface area contributed by atoms with Gasteiger partial charge in [-0.15, -0.1) is 0 Å². The van der Waals surface area contributed by atoms with Gasteiger partial charge in [-0.2, -0.15) is 22.0 Å². The summed E-state index contributed by atoms with van der Waals surface area (Å²) in [6, 6.07) is 0. The fraction of sp³-hybridized carbons (Fsp3) is 0.857. The van der Waals surface area contributed by atoms with Gasteiger partial charge in [-0.1, -0.05) is 0 Å². The maximum Gasteiger partial charge on any atom is 0.463 e. The Hall–Kier alpha value is -0.960. The van der Waals surface area contributed by atoms with Crippen LogP contribution in [0.4, 0.5) is 22.0 Å². The van der Waals surface area contributed by atoms with Gasteiger partial charge in [0, 0.05) is 13.1 Å². The number of hydrogen-bond acceptors (Lipinski definition) is 3. The number of amides is 1. The second-order valence-corrected chi connectivity index (χ2v) is 2.81. The van der Waals surface area contributed by atoms with Crippen LogP contribution in [0.15, 0.2) is 0 Å². The molecular weight excluding hydrogens is 241 g/mol. The summed E-state index contributed by atoms with van der Waals surface area (Å²) < 4.78 is 60.5. The zero-order chi connectivity index (χ0) is 13.0. The van der Waals surface area contributed by atoms with E-state index in [-0.39, 0.29) is 4.90 Å². The smallest absolute Gasteiger partial charge is 0.395 e. The average molecular weight is 251 g/mol. The highest BCUT2D eigenvalue weighted by Gasteiger charge is 2.64. The molecule has 0 atom stereocenters. The molecule has 0 aromatic carbocycles. The van der Waals surface area contributed by atoms with E-state index in [0.29, 0.717) is 0 Å². The van der Waals surface area contributed by atoms with Crippen molar-refractivity contribution in [3.63, 3.8) is 0 Å². The second kappa shape index (κ2) is 5.39. The van der Waals surface area contributed by atoms with Crippen LogP contribution >= 0.6 is 0 Å². The number of nitrogens with zero attached hydrogens (tertiary/aromatic N) is 1. The van der Waals surface area contributed by atoms with Crippen molar-refractivity contribution in [1.82, 2.24) is 4.90 Å². The van der Waals surface area contributed by atoms with Gasteiger partial charge < -0.3 is 15.1 Å². The number of rotatable bonds is 5. The first-order valence-electron chi connectivity index (χ1n) is 4.14. The summed E-state index contributed by atoms with van der Waals surface area (Å²) in [6.07, 6.45) is -5.99. The zero-order valence-electron chi connectivity index (χ0n) is 7.97. The molecule has 0 spiro atoms. The highest BCUT2D eigenvalue weighted by molar-refractivity contribution is 5.84. The van der Waals surface area contributed by atoms with Crippen LogP contribution in [0.3, 0.4) is 0 Å². The van der Waals surface area contributed by atoms with Gasteiger partial charge in [0.25, 0.3) is 0 Å². The predicted octanol–water partition coefficient (Wildman–Crippen LogP) is -0.00280. The molecule has 0 heterocycles. The largest absolute Gasteiger partial charge is 0.463 e. The molecule has 4 nitrogen and oxygen atoms in total. The molecule has 0 aliphatic rings. The lowest BCUT2D eigenvalue weighted by Gasteiger charge is -2.26. The van der Waals surface area contributed by atoms with E-state index in [2.05, 4.69) is 0 Å². The molecule has 1 amide bonds. The SMILES string of the molecule is O=C(N(CCO)CCO)C(F)(F)C(F)(F)F. The van der Waals surface area contributed by atoms with Gasteiger partial charge in [0.1, 0.15) is 0 Å². The van der Waals surface area contributed by atoms with Crippen LogP contribution in [0, 0.1) is 0 Å². The molecule has 0 saturated carbocycles. The van der Waals surface area contributed by atoms with Crippen LogP contribution in [0.2, 0.25) is 0 Å². The van der Waals surface area contributed by atoms with Crippen LogP contribution in [-0.4, -0.2) is 59.4 Å². The molecule has 0 radical (unpaired) electrons. The number of carbonyl (C=O) groups is 1. The molecule has 0 unspecified atom stereocenters. The molecule has 0 fully saturated rings. The lowest BCUT2D eigenvalue weighted by Crippen LogP contribution is -2.53. The Balaban J connectivity index is 4.85. The van der Waals surface area contributed by atoms with Crippen LogP contribution in [0.1, 0.15) is 0 Å². The Morgan fingerprint density at radius 3 is 1.62 bits per heavy atom. The van der Waals surface area contributed by atoms with E-state index in [1.54, 1.807) is 0 Å². The van der Waals surface area contributed by atoms with E-state index in [1.165, 1.54) is 0 Å². The summed E-state index contributed by atoms with van der Waals surface area (Å²) in [4.78, 5) is 10.9. The molecular formula is C7H10F5NO3. The van der Waals surface area contributed by atoms with Crippen LogP contribution in [-0.2, 0) is 4.79 Å². The normalized spacial score (nSPS) is 12.7. The van der Waals surface area contributed by atoms with E-state index < -0.39 is 44.3 Å². The molecule has 9 heteroatoms. The number of aliphatic hydroxyl groups excluding tert-OH is 2. The molecule has 16 heavy (non-hydrogen) atoms. The van der Waals surface area contributed by atoms with E-state index in [0.717, 1.165) is 0 Å². The van der Waals surface area contributed by atoms with E-state index in [9.17, 15) is 26.7 Å². The highest BCUT2D eigenvalue weighted by atomic mass is 19.4. The van der Waals surface area contributed by atoms with Crippen LogP contribution < -0.4 is 0 Å². The highest BCUT2D eigenvalue weighted by Crippen LogP contribution is 2.36. The first-order chi connectivity index (χ1) is 7.18. The number of hydrogen-bond donors (Lipinski definition) is 2. The van der Waals surface area contributed by atoms with Gasteiger partial charge in [0.2, 0.25) is 0 Å². The topological polar surface area (TPSA) is 60.8 Å². The molecule has 0 rings (SSSR count). The summed E-state index contributed by atoms with van der Waals surface area (Å²) >= 11 is 0. The Bertz CT molecular complexity index is 237. The van der Waals surface area contributed by atoms with Crippen molar-refractivity contribution in [3.05, 3.63) is 0 Å². The Morgan fingerprint density at radius 2 is 1.38 bits per heavy atom. The van der Waals surface area contributed by atoms with Crippen molar-refractivity contribution in [3.8, 4) is 0 Å². The number of carbonyl (C=O) groups excluding carboxylic acids is 1. The van der Waals surface area contributed by atoms with Gasteiger partial charge in [-0.25, -0.2) is 0 Å². The lowest BCUT2D eigenvalue weighted by molar-refractivity contribution is -0.274. The predicted molar refractivity (Wildman–Crippen MR) is 41.8 cm³/mol. The Labute approximate surface area is 87.3 Å². The van der Waals surface area contributed by atoms with Crippen molar-refractivity contribution < 1.29 is 37.0 Å². The third-order valence-electron chi connectivity index (χ3n) is 1.65. The third kappa shape index (κ3) is 3.27.